The zero-order valence-corrected chi connectivity index (χ0v) is 13.8. The Hall–Kier alpha value is -2.63. The van der Waals surface area contributed by atoms with E-state index in [4.69, 9.17) is 0 Å². The van der Waals surface area contributed by atoms with Crippen molar-refractivity contribution in [3.8, 4) is 0 Å². The number of amides is 2. The van der Waals surface area contributed by atoms with Crippen LogP contribution in [0.4, 0.5) is 5.69 Å². The van der Waals surface area contributed by atoms with Crippen molar-refractivity contribution in [3.63, 3.8) is 0 Å². The van der Waals surface area contributed by atoms with Crippen LogP contribution in [-0.2, 0) is 14.3 Å². The van der Waals surface area contributed by atoms with Gasteiger partial charge in [-0.1, -0.05) is 13.8 Å². The molecule has 1 rings (SSSR count). The van der Waals surface area contributed by atoms with Crippen LogP contribution in [0.25, 0.3) is 0 Å². The predicted molar refractivity (Wildman–Crippen MR) is 88.0 cm³/mol. The van der Waals surface area contributed by atoms with Crippen molar-refractivity contribution < 1.29 is 19.1 Å². The van der Waals surface area contributed by atoms with Gasteiger partial charge in [0, 0.05) is 23.9 Å². The molecule has 0 aliphatic heterocycles. The summed E-state index contributed by atoms with van der Waals surface area (Å²) >= 11 is 0. The van der Waals surface area contributed by atoms with Gasteiger partial charge in [0.25, 0.3) is 5.91 Å². The zero-order chi connectivity index (χ0) is 17.4. The molecule has 1 aromatic rings. The van der Waals surface area contributed by atoms with Crippen molar-refractivity contribution >= 4 is 23.5 Å². The van der Waals surface area contributed by atoms with E-state index in [-0.39, 0.29) is 11.8 Å². The Morgan fingerprint density at radius 2 is 1.78 bits per heavy atom. The van der Waals surface area contributed by atoms with Crippen LogP contribution in [0, 0.1) is 5.92 Å². The van der Waals surface area contributed by atoms with Crippen molar-refractivity contribution in [2.24, 2.45) is 5.92 Å². The quantitative estimate of drug-likeness (QED) is 0.621. The summed E-state index contributed by atoms with van der Waals surface area (Å²) in [6.07, 6.45) is 1.26. The first-order chi connectivity index (χ1) is 10.8. The summed E-state index contributed by atoms with van der Waals surface area (Å²) in [7, 11) is 1.30. The smallest absolute Gasteiger partial charge is 0.337 e. The lowest BCUT2D eigenvalue weighted by molar-refractivity contribution is -0.117. The van der Waals surface area contributed by atoms with Crippen LogP contribution >= 0.6 is 0 Å². The van der Waals surface area contributed by atoms with Gasteiger partial charge in [-0.3, -0.25) is 9.59 Å². The molecule has 124 valence electrons. The molecule has 0 unspecified atom stereocenters. The fourth-order valence-electron chi connectivity index (χ4n) is 1.66. The molecule has 23 heavy (non-hydrogen) atoms. The molecule has 0 spiro atoms. The number of benzene rings is 1. The summed E-state index contributed by atoms with van der Waals surface area (Å²) in [4.78, 5) is 35.0. The van der Waals surface area contributed by atoms with E-state index in [0.29, 0.717) is 29.3 Å². The first-order valence-corrected chi connectivity index (χ1v) is 7.29. The van der Waals surface area contributed by atoms with Crippen molar-refractivity contribution in [2.45, 2.75) is 20.8 Å². The lowest BCUT2D eigenvalue weighted by Gasteiger charge is -2.07. The Kier molecular flexibility index (Phi) is 6.99. The van der Waals surface area contributed by atoms with E-state index in [1.54, 1.807) is 31.2 Å². The SMILES string of the molecule is COC(=O)c1ccc(NC(=O)/C(C)=C/C(=O)NCC(C)C)cc1. The third-order valence-electron chi connectivity index (χ3n) is 2.95. The summed E-state index contributed by atoms with van der Waals surface area (Å²) in [5.41, 5.74) is 1.21. The molecule has 6 nitrogen and oxygen atoms in total. The highest BCUT2D eigenvalue weighted by atomic mass is 16.5. The number of hydrogen-bond donors (Lipinski definition) is 2. The number of carbonyl (C=O) groups excluding carboxylic acids is 3. The number of ether oxygens (including phenoxy) is 1. The van der Waals surface area contributed by atoms with Crippen LogP contribution in [0.2, 0.25) is 0 Å². The maximum absolute atomic E-state index is 12.0. The number of methoxy groups -OCH3 is 1. The average molecular weight is 318 g/mol. The molecule has 0 aliphatic rings. The van der Waals surface area contributed by atoms with Gasteiger partial charge in [0.2, 0.25) is 5.91 Å². The molecule has 0 fully saturated rings. The second-order valence-electron chi connectivity index (χ2n) is 5.49. The van der Waals surface area contributed by atoms with Gasteiger partial charge < -0.3 is 15.4 Å². The molecule has 6 heteroatoms. The van der Waals surface area contributed by atoms with E-state index in [2.05, 4.69) is 15.4 Å². The van der Waals surface area contributed by atoms with Gasteiger partial charge >= 0.3 is 5.97 Å². The monoisotopic (exact) mass is 318 g/mol. The van der Waals surface area contributed by atoms with Gasteiger partial charge in [0.15, 0.2) is 0 Å². The Bertz CT molecular complexity index is 604. The van der Waals surface area contributed by atoms with E-state index >= 15 is 0 Å². The number of rotatable bonds is 6. The lowest BCUT2D eigenvalue weighted by atomic mass is 10.2. The molecule has 0 saturated carbocycles. The fourth-order valence-corrected chi connectivity index (χ4v) is 1.66. The highest BCUT2D eigenvalue weighted by Gasteiger charge is 2.09. The van der Waals surface area contributed by atoms with Crippen LogP contribution in [0.5, 0.6) is 0 Å². The van der Waals surface area contributed by atoms with E-state index in [1.807, 2.05) is 13.8 Å². The predicted octanol–water partition coefficient (Wildman–Crippen LogP) is 2.13. The summed E-state index contributed by atoms with van der Waals surface area (Å²) in [6, 6.07) is 6.29. The van der Waals surface area contributed by atoms with Gasteiger partial charge in [-0.25, -0.2) is 4.79 Å². The molecule has 0 aromatic heterocycles. The third-order valence-corrected chi connectivity index (χ3v) is 2.95. The highest BCUT2D eigenvalue weighted by Crippen LogP contribution is 2.11. The molecule has 1 aromatic carbocycles. The maximum Gasteiger partial charge on any atom is 0.337 e. The molecule has 2 amide bonds. The second-order valence-corrected chi connectivity index (χ2v) is 5.49. The van der Waals surface area contributed by atoms with Crippen LogP contribution in [0.1, 0.15) is 31.1 Å². The summed E-state index contributed by atoms with van der Waals surface area (Å²) in [6.45, 7) is 6.09. The summed E-state index contributed by atoms with van der Waals surface area (Å²) in [5.74, 6) is -0.779. The highest BCUT2D eigenvalue weighted by molar-refractivity contribution is 6.07. The molecular formula is C17H22N2O4. The first kappa shape index (κ1) is 18.4. The number of esters is 1. The largest absolute Gasteiger partial charge is 0.465 e. The molecule has 0 bridgehead atoms. The zero-order valence-electron chi connectivity index (χ0n) is 13.8. The molecule has 0 saturated heterocycles. The second kappa shape index (κ2) is 8.73. The van der Waals surface area contributed by atoms with Crippen LogP contribution < -0.4 is 10.6 Å². The van der Waals surface area contributed by atoms with Crippen LogP contribution in [0.15, 0.2) is 35.9 Å². The Morgan fingerprint density at radius 1 is 1.17 bits per heavy atom. The Morgan fingerprint density at radius 3 is 2.30 bits per heavy atom. The summed E-state index contributed by atoms with van der Waals surface area (Å²) < 4.78 is 4.60. The lowest BCUT2D eigenvalue weighted by Crippen LogP contribution is -2.26. The van der Waals surface area contributed by atoms with E-state index in [1.165, 1.54) is 13.2 Å². The molecule has 0 aliphatic carbocycles. The maximum atomic E-state index is 12.0. The van der Waals surface area contributed by atoms with Gasteiger partial charge in [0.1, 0.15) is 0 Å². The molecular weight excluding hydrogens is 296 g/mol. The van der Waals surface area contributed by atoms with Crippen molar-refractivity contribution in [3.05, 3.63) is 41.5 Å². The minimum Gasteiger partial charge on any atom is -0.465 e. The number of nitrogens with one attached hydrogen (secondary N) is 2. The van der Waals surface area contributed by atoms with Gasteiger partial charge in [-0.05, 0) is 37.1 Å². The van der Waals surface area contributed by atoms with Gasteiger partial charge in [-0.2, -0.15) is 0 Å². The fraction of sp³-hybridized carbons (Fsp3) is 0.353. The van der Waals surface area contributed by atoms with E-state index in [0.717, 1.165) is 0 Å². The summed E-state index contributed by atoms with van der Waals surface area (Å²) in [5, 5.41) is 5.37. The molecule has 2 N–H and O–H groups in total. The molecule has 0 heterocycles. The van der Waals surface area contributed by atoms with Crippen molar-refractivity contribution in [1.82, 2.24) is 5.32 Å². The van der Waals surface area contributed by atoms with Crippen LogP contribution in [0.3, 0.4) is 0 Å². The normalized spacial score (nSPS) is 11.1. The molecule has 0 atom stereocenters. The van der Waals surface area contributed by atoms with Gasteiger partial charge in [-0.15, -0.1) is 0 Å². The minimum atomic E-state index is -0.444. The Balaban J connectivity index is 2.64. The number of anilines is 1. The first-order valence-electron chi connectivity index (χ1n) is 7.29. The standard InChI is InChI=1S/C17H22N2O4/c1-11(2)10-18-15(20)9-12(3)16(21)19-14-7-5-13(6-8-14)17(22)23-4/h5-9,11H,10H2,1-4H3,(H,18,20)(H,19,21)/b12-9+. The number of hydrogen-bond acceptors (Lipinski definition) is 4. The topological polar surface area (TPSA) is 84.5 Å². The Labute approximate surface area is 135 Å². The van der Waals surface area contributed by atoms with E-state index < -0.39 is 5.97 Å². The third kappa shape index (κ3) is 6.34. The van der Waals surface area contributed by atoms with Crippen LogP contribution in [-0.4, -0.2) is 31.4 Å². The van der Waals surface area contributed by atoms with E-state index in [9.17, 15) is 14.4 Å². The number of carbonyl (C=O) groups is 3. The average Bonchev–Trinajstić information content (AvgIpc) is 2.52. The van der Waals surface area contributed by atoms with Crippen molar-refractivity contribution in [2.75, 3.05) is 19.0 Å². The molecule has 0 radical (unpaired) electrons. The van der Waals surface area contributed by atoms with Crippen molar-refractivity contribution in [1.29, 1.82) is 0 Å². The minimum absolute atomic E-state index is 0.295. The van der Waals surface area contributed by atoms with Gasteiger partial charge in [0.05, 0.1) is 12.7 Å².